The number of nitrogens with zero attached hydrogens (tertiary/aromatic N) is 5. The van der Waals surface area contributed by atoms with E-state index in [0.29, 0.717) is 24.5 Å². The molecule has 3 rings (SSSR count). The second-order valence-electron chi connectivity index (χ2n) is 5.80. The minimum atomic E-state index is -0.478. The van der Waals surface area contributed by atoms with Crippen LogP contribution in [0.2, 0.25) is 0 Å². The maximum atomic E-state index is 14.4. The van der Waals surface area contributed by atoms with Crippen LogP contribution in [0.4, 0.5) is 20.6 Å². The molecule has 1 aromatic carbocycles. The quantitative estimate of drug-likeness (QED) is 0.811. The van der Waals surface area contributed by atoms with Gasteiger partial charge in [-0.3, -0.25) is 4.90 Å². The standard InChI is InChI=1S/C16H20FN5O2/c1-3-7-20(2)15-5-4-12(9-14(15)17)22-11-13(24-16(22)23)10-21-8-6-18-19-21/h4-6,8-9,13H,3,7,10-11H2,1-2H3/t13-/m0/s1. The molecule has 24 heavy (non-hydrogen) atoms. The SMILES string of the molecule is CCCN(C)c1ccc(N2C[C@H](Cn3ccnn3)OC2=O)cc1F. The number of carbonyl (C=O) groups is 1. The van der Waals surface area contributed by atoms with Crippen molar-refractivity contribution in [2.24, 2.45) is 0 Å². The molecule has 1 aliphatic rings. The highest BCUT2D eigenvalue weighted by molar-refractivity contribution is 5.90. The Hall–Kier alpha value is -2.64. The van der Waals surface area contributed by atoms with Crippen molar-refractivity contribution in [1.29, 1.82) is 0 Å². The van der Waals surface area contributed by atoms with Gasteiger partial charge in [-0.15, -0.1) is 5.10 Å². The molecule has 0 aliphatic carbocycles. The Morgan fingerprint density at radius 1 is 1.46 bits per heavy atom. The third kappa shape index (κ3) is 3.32. The van der Waals surface area contributed by atoms with E-state index < -0.39 is 6.09 Å². The summed E-state index contributed by atoms with van der Waals surface area (Å²) in [6, 6.07) is 4.81. The van der Waals surface area contributed by atoms with Crippen molar-refractivity contribution in [1.82, 2.24) is 15.0 Å². The largest absolute Gasteiger partial charge is 0.442 e. The van der Waals surface area contributed by atoms with Gasteiger partial charge in [0.25, 0.3) is 0 Å². The molecule has 7 nitrogen and oxygen atoms in total. The molecule has 0 unspecified atom stereocenters. The zero-order valence-corrected chi connectivity index (χ0v) is 13.7. The van der Waals surface area contributed by atoms with E-state index in [1.54, 1.807) is 29.2 Å². The number of halogens is 1. The van der Waals surface area contributed by atoms with E-state index in [-0.39, 0.29) is 11.9 Å². The van der Waals surface area contributed by atoms with Gasteiger partial charge in [-0.25, -0.2) is 13.9 Å². The molecule has 2 heterocycles. The molecule has 0 bridgehead atoms. The minimum absolute atomic E-state index is 0.343. The Bertz CT molecular complexity index is 706. The first-order valence-corrected chi connectivity index (χ1v) is 7.91. The van der Waals surface area contributed by atoms with Gasteiger partial charge in [-0.2, -0.15) is 0 Å². The van der Waals surface area contributed by atoms with Crippen molar-refractivity contribution in [3.8, 4) is 0 Å². The van der Waals surface area contributed by atoms with Gasteiger partial charge in [0, 0.05) is 19.8 Å². The van der Waals surface area contributed by atoms with Crippen molar-refractivity contribution < 1.29 is 13.9 Å². The van der Waals surface area contributed by atoms with Crippen molar-refractivity contribution in [2.75, 3.05) is 29.9 Å². The Morgan fingerprint density at radius 3 is 2.96 bits per heavy atom. The zero-order valence-electron chi connectivity index (χ0n) is 13.7. The number of anilines is 2. The lowest BCUT2D eigenvalue weighted by Crippen LogP contribution is -2.26. The van der Waals surface area contributed by atoms with Crippen molar-refractivity contribution in [3.63, 3.8) is 0 Å². The van der Waals surface area contributed by atoms with Crippen molar-refractivity contribution in [2.45, 2.75) is 26.0 Å². The van der Waals surface area contributed by atoms with E-state index in [4.69, 9.17) is 4.74 Å². The van der Waals surface area contributed by atoms with Crippen LogP contribution in [0.1, 0.15) is 13.3 Å². The smallest absolute Gasteiger partial charge is 0.414 e. The van der Waals surface area contributed by atoms with Crippen molar-refractivity contribution >= 4 is 17.5 Å². The normalized spacial score (nSPS) is 17.2. The predicted octanol–water partition coefficient (Wildman–Crippen LogP) is 2.29. The number of hydrogen-bond acceptors (Lipinski definition) is 5. The number of cyclic esters (lactones) is 1. The molecule has 1 amide bonds. The lowest BCUT2D eigenvalue weighted by atomic mass is 10.2. The van der Waals surface area contributed by atoms with Gasteiger partial charge in [0.05, 0.1) is 30.7 Å². The topological polar surface area (TPSA) is 63.5 Å². The molecule has 0 radical (unpaired) electrons. The van der Waals surface area contributed by atoms with Gasteiger partial charge in [0.15, 0.2) is 0 Å². The fraction of sp³-hybridized carbons (Fsp3) is 0.438. The molecule has 2 aromatic rings. The highest BCUT2D eigenvalue weighted by atomic mass is 19.1. The second-order valence-corrected chi connectivity index (χ2v) is 5.80. The van der Waals surface area contributed by atoms with Crippen LogP contribution in [0.5, 0.6) is 0 Å². The summed E-state index contributed by atoms with van der Waals surface area (Å²) < 4.78 is 21.3. The fourth-order valence-electron chi connectivity index (χ4n) is 2.80. The summed E-state index contributed by atoms with van der Waals surface area (Å²) in [5, 5.41) is 7.57. The zero-order chi connectivity index (χ0) is 17.1. The van der Waals surface area contributed by atoms with Crippen LogP contribution in [0.3, 0.4) is 0 Å². The number of aromatic nitrogens is 3. The van der Waals surface area contributed by atoms with Crippen LogP contribution < -0.4 is 9.80 Å². The van der Waals surface area contributed by atoms with Crippen LogP contribution in [0.15, 0.2) is 30.6 Å². The number of hydrogen-bond donors (Lipinski definition) is 0. The third-order valence-corrected chi connectivity index (χ3v) is 3.95. The first kappa shape index (κ1) is 16.2. The van der Waals surface area contributed by atoms with Gasteiger partial charge in [0.2, 0.25) is 0 Å². The molecule has 8 heteroatoms. The van der Waals surface area contributed by atoms with Crippen molar-refractivity contribution in [3.05, 3.63) is 36.4 Å². The van der Waals surface area contributed by atoms with E-state index in [1.165, 1.54) is 11.0 Å². The first-order chi connectivity index (χ1) is 11.6. The third-order valence-electron chi connectivity index (χ3n) is 3.95. The highest BCUT2D eigenvalue weighted by Crippen LogP contribution is 2.27. The predicted molar refractivity (Wildman–Crippen MR) is 87.6 cm³/mol. The summed E-state index contributed by atoms with van der Waals surface area (Å²) in [7, 11) is 1.85. The van der Waals surface area contributed by atoms with E-state index in [0.717, 1.165) is 13.0 Å². The van der Waals surface area contributed by atoms with E-state index in [1.807, 2.05) is 18.9 Å². The number of benzene rings is 1. The molecular formula is C16H20FN5O2. The molecule has 0 N–H and O–H groups in total. The van der Waals surface area contributed by atoms with Crippen LogP contribution in [0, 0.1) is 5.82 Å². The Balaban J connectivity index is 1.72. The molecule has 1 aromatic heterocycles. The summed E-state index contributed by atoms with van der Waals surface area (Å²) in [5.41, 5.74) is 1.01. The molecule has 128 valence electrons. The molecule has 1 fully saturated rings. The van der Waals surface area contributed by atoms with Gasteiger partial charge < -0.3 is 9.64 Å². The Morgan fingerprint density at radius 2 is 2.29 bits per heavy atom. The summed E-state index contributed by atoms with van der Waals surface area (Å²) in [6.45, 7) is 3.57. The molecule has 1 aliphatic heterocycles. The molecule has 0 saturated carbocycles. The lowest BCUT2D eigenvalue weighted by Gasteiger charge is -2.21. The Kier molecular flexibility index (Phi) is 4.64. The monoisotopic (exact) mass is 333 g/mol. The van der Waals surface area contributed by atoms with Gasteiger partial charge in [0.1, 0.15) is 11.9 Å². The van der Waals surface area contributed by atoms with Crippen LogP contribution in [-0.2, 0) is 11.3 Å². The van der Waals surface area contributed by atoms with Gasteiger partial charge >= 0.3 is 6.09 Å². The van der Waals surface area contributed by atoms with E-state index in [9.17, 15) is 9.18 Å². The Labute approximate surface area is 139 Å². The lowest BCUT2D eigenvalue weighted by molar-refractivity contribution is 0.129. The maximum absolute atomic E-state index is 14.4. The van der Waals surface area contributed by atoms with Gasteiger partial charge in [-0.1, -0.05) is 12.1 Å². The molecule has 1 atom stereocenters. The second kappa shape index (κ2) is 6.86. The minimum Gasteiger partial charge on any atom is -0.442 e. The summed E-state index contributed by atoms with van der Waals surface area (Å²) in [4.78, 5) is 15.4. The van der Waals surface area contributed by atoms with Gasteiger partial charge in [-0.05, 0) is 24.6 Å². The average molecular weight is 333 g/mol. The number of carbonyl (C=O) groups excluding carboxylic acids is 1. The summed E-state index contributed by atoms with van der Waals surface area (Å²) in [5.74, 6) is -0.351. The summed E-state index contributed by atoms with van der Waals surface area (Å²) in [6.07, 6.45) is 3.38. The van der Waals surface area contributed by atoms with Crippen LogP contribution in [-0.4, -0.2) is 47.3 Å². The number of amides is 1. The molecular weight excluding hydrogens is 313 g/mol. The number of rotatable bonds is 6. The van der Waals surface area contributed by atoms with Crippen LogP contribution in [0.25, 0.3) is 0 Å². The molecule has 0 spiro atoms. The fourth-order valence-corrected chi connectivity index (χ4v) is 2.80. The first-order valence-electron chi connectivity index (χ1n) is 7.91. The highest BCUT2D eigenvalue weighted by Gasteiger charge is 2.33. The maximum Gasteiger partial charge on any atom is 0.414 e. The average Bonchev–Trinajstić information content (AvgIpc) is 3.17. The molecule has 1 saturated heterocycles. The van der Waals surface area contributed by atoms with Crippen LogP contribution >= 0.6 is 0 Å². The van der Waals surface area contributed by atoms with E-state index in [2.05, 4.69) is 10.3 Å². The number of ether oxygens (including phenoxy) is 1. The van der Waals surface area contributed by atoms with E-state index >= 15 is 0 Å². The summed E-state index contributed by atoms with van der Waals surface area (Å²) >= 11 is 0.